The fourth-order valence-electron chi connectivity index (χ4n) is 3.78. The molecule has 0 saturated carbocycles. The average Bonchev–Trinajstić information content (AvgIpc) is 2.89. The van der Waals surface area contributed by atoms with Gasteiger partial charge >= 0.3 is 22.3 Å². The van der Waals surface area contributed by atoms with Gasteiger partial charge < -0.3 is 8.92 Å². The second-order valence-electron chi connectivity index (χ2n) is 8.74. The summed E-state index contributed by atoms with van der Waals surface area (Å²) in [6.07, 6.45) is -3.82. The zero-order valence-corrected chi connectivity index (χ0v) is 23.9. The van der Waals surface area contributed by atoms with Crippen LogP contribution in [0.3, 0.4) is 0 Å². The molecule has 0 aromatic heterocycles. The lowest BCUT2D eigenvalue weighted by Crippen LogP contribution is -2.54. The monoisotopic (exact) mass is 642 g/mol. The highest BCUT2D eigenvalue weighted by Gasteiger charge is 2.39. The summed E-state index contributed by atoms with van der Waals surface area (Å²) in [7, 11) is -4.35. The number of hydrogen-bond donors (Lipinski definition) is 1. The quantitative estimate of drug-likeness (QED) is 0.186. The van der Waals surface area contributed by atoms with E-state index >= 15 is 0 Å². The second-order valence-corrected chi connectivity index (χ2v) is 11.1. The second kappa shape index (κ2) is 11.7. The molecule has 0 bridgehead atoms. The molecule has 4 rings (SSSR count). The summed E-state index contributed by atoms with van der Waals surface area (Å²) in [6.45, 7) is 3.40. The molecule has 1 heterocycles. The standard InChI is InChI=1S/C27H19Cl2F3N2O7S/c1-3-40-22-12-15(11-20(29)23(22)41-42(38,39)17-7-4-14(2)5-8-17)10-18-24(35)33-26(37)34(25(18)36)21-13-16(27(30,31)32)6-9-19(21)28/h4-13H,3H2,1-2H3,(H,33,35,37)/b18-10-. The topological polar surface area (TPSA) is 119 Å². The summed E-state index contributed by atoms with van der Waals surface area (Å²) in [5.74, 6) is -2.96. The van der Waals surface area contributed by atoms with Crippen LogP contribution in [-0.4, -0.2) is 32.9 Å². The maximum Gasteiger partial charge on any atom is 0.416 e. The van der Waals surface area contributed by atoms with E-state index in [4.69, 9.17) is 32.1 Å². The van der Waals surface area contributed by atoms with Gasteiger partial charge in [0, 0.05) is 0 Å². The van der Waals surface area contributed by atoms with Gasteiger partial charge in [-0.2, -0.15) is 21.6 Å². The summed E-state index contributed by atoms with van der Waals surface area (Å²) < 4.78 is 76.3. The molecule has 1 aliphatic heterocycles. The minimum Gasteiger partial charge on any atom is -0.490 e. The molecule has 9 nitrogen and oxygen atoms in total. The molecule has 1 aliphatic rings. The Morgan fingerprint density at radius 3 is 2.26 bits per heavy atom. The number of ether oxygens (including phenoxy) is 1. The van der Waals surface area contributed by atoms with E-state index in [1.165, 1.54) is 18.2 Å². The number of imide groups is 2. The largest absolute Gasteiger partial charge is 0.490 e. The van der Waals surface area contributed by atoms with Crippen LogP contribution in [0.15, 0.2) is 65.1 Å². The van der Waals surface area contributed by atoms with Crippen LogP contribution in [0.1, 0.15) is 23.6 Å². The van der Waals surface area contributed by atoms with Gasteiger partial charge in [-0.05, 0) is 68.0 Å². The lowest BCUT2D eigenvalue weighted by Gasteiger charge is -2.27. The Kier molecular flexibility index (Phi) is 8.58. The van der Waals surface area contributed by atoms with Gasteiger partial charge in [0.1, 0.15) is 10.5 Å². The van der Waals surface area contributed by atoms with E-state index in [9.17, 15) is 36.0 Å². The summed E-state index contributed by atoms with van der Waals surface area (Å²) in [6, 6.07) is 8.92. The molecule has 0 unspecified atom stereocenters. The Morgan fingerprint density at radius 2 is 1.64 bits per heavy atom. The van der Waals surface area contributed by atoms with Gasteiger partial charge in [0.25, 0.3) is 11.8 Å². The van der Waals surface area contributed by atoms with Crippen molar-refractivity contribution in [1.82, 2.24) is 5.32 Å². The fraction of sp³-hybridized carbons (Fsp3) is 0.148. The van der Waals surface area contributed by atoms with E-state index in [0.717, 1.165) is 23.8 Å². The summed E-state index contributed by atoms with van der Waals surface area (Å²) >= 11 is 12.3. The highest BCUT2D eigenvalue weighted by Crippen LogP contribution is 2.40. The van der Waals surface area contributed by atoms with Crippen LogP contribution in [0.2, 0.25) is 10.0 Å². The first-order valence-corrected chi connectivity index (χ1v) is 14.0. The maximum absolute atomic E-state index is 13.3. The van der Waals surface area contributed by atoms with Crippen molar-refractivity contribution in [2.75, 3.05) is 11.5 Å². The maximum atomic E-state index is 13.3. The highest BCUT2D eigenvalue weighted by atomic mass is 35.5. The third-order valence-electron chi connectivity index (χ3n) is 5.76. The molecule has 1 fully saturated rings. The van der Waals surface area contributed by atoms with Gasteiger partial charge in [-0.25, -0.2) is 9.69 Å². The number of alkyl halides is 3. The van der Waals surface area contributed by atoms with Crippen molar-refractivity contribution in [1.29, 1.82) is 0 Å². The molecular weight excluding hydrogens is 624 g/mol. The zero-order valence-electron chi connectivity index (χ0n) is 21.6. The van der Waals surface area contributed by atoms with Crippen molar-refractivity contribution < 1.29 is 44.9 Å². The number of nitrogens with one attached hydrogen (secondary N) is 1. The Hall–Kier alpha value is -4.07. The number of halogens is 5. The van der Waals surface area contributed by atoms with E-state index in [0.29, 0.717) is 17.0 Å². The third-order valence-corrected chi connectivity index (χ3v) is 7.60. The molecule has 4 amide bonds. The number of rotatable bonds is 7. The summed E-state index contributed by atoms with van der Waals surface area (Å²) in [4.78, 5) is 38.5. The SMILES string of the molecule is CCOc1cc(/C=C2/C(=O)NC(=O)N(c3cc(C(F)(F)F)ccc3Cl)C2=O)cc(Cl)c1OS(=O)(=O)c1ccc(C)cc1. The predicted octanol–water partition coefficient (Wildman–Crippen LogP) is 6.15. The molecule has 1 N–H and O–H groups in total. The number of aryl methyl sites for hydroxylation is 1. The van der Waals surface area contributed by atoms with Crippen LogP contribution in [0.25, 0.3) is 6.08 Å². The van der Waals surface area contributed by atoms with Gasteiger partial charge in [-0.3, -0.25) is 14.9 Å². The number of carbonyl (C=O) groups excluding carboxylic acids is 3. The molecule has 15 heteroatoms. The third kappa shape index (κ3) is 6.37. The number of nitrogens with zero attached hydrogens (tertiary/aromatic N) is 1. The molecule has 1 saturated heterocycles. The summed E-state index contributed by atoms with van der Waals surface area (Å²) in [5, 5.41) is 1.24. The Balaban J connectivity index is 1.75. The molecule has 3 aromatic carbocycles. The minimum absolute atomic E-state index is 0.0338. The number of carbonyl (C=O) groups is 3. The van der Waals surface area contributed by atoms with Crippen molar-refractivity contribution in [3.63, 3.8) is 0 Å². The molecular formula is C27H19Cl2F3N2O7S. The smallest absolute Gasteiger partial charge is 0.416 e. The normalized spacial score (nSPS) is 15.2. The van der Waals surface area contributed by atoms with Crippen molar-refractivity contribution >= 4 is 62.9 Å². The molecule has 220 valence electrons. The highest BCUT2D eigenvalue weighted by molar-refractivity contribution is 7.87. The van der Waals surface area contributed by atoms with Crippen LogP contribution < -0.4 is 19.1 Å². The predicted molar refractivity (Wildman–Crippen MR) is 147 cm³/mol. The molecule has 0 atom stereocenters. The number of urea groups is 1. The molecule has 0 spiro atoms. The van der Waals surface area contributed by atoms with Crippen LogP contribution in [0.4, 0.5) is 23.7 Å². The van der Waals surface area contributed by atoms with E-state index in [2.05, 4.69) is 0 Å². The number of hydrogen-bond acceptors (Lipinski definition) is 7. The minimum atomic E-state index is -4.81. The molecule has 42 heavy (non-hydrogen) atoms. The van der Waals surface area contributed by atoms with Gasteiger partial charge in [0.05, 0.1) is 27.9 Å². The van der Waals surface area contributed by atoms with Crippen LogP contribution in [-0.2, 0) is 25.9 Å². The van der Waals surface area contributed by atoms with Crippen LogP contribution in [0, 0.1) is 6.92 Å². The van der Waals surface area contributed by atoms with Gasteiger partial charge in [0.2, 0.25) is 5.75 Å². The van der Waals surface area contributed by atoms with Gasteiger partial charge in [-0.1, -0.05) is 40.9 Å². The number of barbiturate groups is 1. The fourth-order valence-corrected chi connectivity index (χ4v) is 5.24. The number of amides is 4. The van der Waals surface area contributed by atoms with Crippen molar-refractivity contribution in [2.24, 2.45) is 0 Å². The molecule has 0 aliphatic carbocycles. The van der Waals surface area contributed by atoms with Crippen molar-refractivity contribution in [2.45, 2.75) is 24.9 Å². The van der Waals surface area contributed by atoms with Crippen molar-refractivity contribution in [3.8, 4) is 11.5 Å². The zero-order chi connectivity index (χ0) is 31.0. The van der Waals surface area contributed by atoms with Crippen LogP contribution in [0.5, 0.6) is 11.5 Å². The Morgan fingerprint density at radius 1 is 0.976 bits per heavy atom. The van der Waals surface area contributed by atoms with E-state index in [1.54, 1.807) is 26.0 Å². The van der Waals surface area contributed by atoms with Gasteiger partial charge in [0.15, 0.2) is 5.75 Å². The van der Waals surface area contributed by atoms with E-state index < -0.39 is 51.0 Å². The first kappa shape index (κ1) is 30.9. The Labute approximate surface area is 247 Å². The number of anilines is 1. The van der Waals surface area contributed by atoms with E-state index in [1.807, 2.05) is 5.32 Å². The summed E-state index contributed by atoms with van der Waals surface area (Å²) in [5.41, 5.74) is -1.61. The van der Waals surface area contributed by atoms with Crippen molar-refractivity contribution in [3.05, 3.63) is 86.9 Å². The first-order chi connectivity index (χ1) is 19.6. The van der Waals surface area contributed by atoms with E-state index in [-0.39, 0.29) is 38.6 Å². The lowest BCUT2D eigenvalue weighted by atomic mass is 10.1. The molecule has 3 aromatic rings. The van der Waals surface area contributed by atoms with Crippen LogP contribution >= 0.6 is 23.2 Å². The number of benzene rings is 3. The molecule has 0 radical (unpaired) electrons. The Bertz CT molecular complexity index is 1740. The lowest BCUT2D eigenvalue weighted by molar-refractivity contribution is -0.137. The average molecular weight is 643 g/mol. The first-order valence-electron chi connectivity index (χ1n) is 11.9. The van der Waals surface area contributed by atoms with Gasteiger partial charge in [-0.15, -0.1) is 0 Å².